The Morgan fingerprint density at radius 3 is 0.812 bits per heavy atom. The second-order valence-electron chi connectivity index (χ2n) is 14.6. The van der Waals surface area contributed by atoms with E-state index >= 15 is 0 Å². The van der Waals surface area contributed by atoms with E-state index in [1.807, 2.05) is 0 Å². The van der Waals surface area contributed by atoms with Gasteiger partial charge in [0, 0.05) is 0 Å². The molecule has 0 bridgehead atoms. The summed E-state index contributed by atoms with van der Waals surface area (Å²) in [5, 5.41) is 0. The molecule has 0 saturated heterocycles. The number of hydrogen-bond acceptors (Lipinski definition) is 0. The minimum absolute atomic E-state index is 0.455. The van der Waals surface area contributed by atoms with E-state index in [1.54, 1.807) is 0 Å². The molecular formula is C30H63OSi. The molecule has 193 valence electrons. The zero-order chi connectivity index (χ0) is 24.7. The molecule has 0 saturated carbocycles. The van der Waals surface area contributed by atoms with Crippen LogP contribution in [0.2, 0.25) is 18.1 Å². The Bertz CT molecular complexity index is 371. The highest BCUT2D eigenvalue weighted by molar-refractivity contribution is 6.72. The first-order valence-electron chi connectivity index (χ1n) is 14.3. The maximum Gasteiger partial charge on any atom is 0.237 e. The molecule has 0 aliphatic carbocycles. The van der Waals surface area contributed by atoms with Gasteiger partial charge in [0.15, 0.2) is 0 Å². The minimum atomic E-state index is -2.29. The lowest BCUT2D eigenvalue weighted by molar-refractivity contribution is 0.353. The van der Waals surface area contributed by atoms with E-state index in [-0.39, 0.29) is 0 Å². The van der Waals surface area contributed by atoms with E-state index < -0.39 is 8.32 Å². The van der Waals surface area contributed by atoms with Gasteiger partial charge < -0.3 is 0 Å². The van der Waals surface area contributed by atoms with E-state index in [9.17, 15) is 4.80 Å². The molecule has 0 atom stereocenters. The summed E-state index contributed by atoms with van der Waals surface area (Å²) in [5.41, 5.74) is 1.37. The first-order valence-corrected chi connectivity index (χ1v) is 16.9. The maximum absolute atomic E-state index is 13.8. The van der Waals surface area contributed by atoms with Gasteiger partial charge in [-0.3, -0.25) is 4.80 Å². The van der Waals surface area contributed by atoms with Crippen LogP contribution in [0.4, 0.5) is 0 Å². The third-order valence-electron chi connectivity index (χ3n) is 6.93. The van der Waals surface area contributed by atoms with E-state index in [4.69, 9.17) is 0 Å². The SMILES string of the molecule is CC(C)(C)CCCCCC[Si]([O])(CCCCCCC(C)(C)C)CCCCCCC(C)(C)C. The topological polar surface area (TPSA) is 19.9 Å². The van der Waals surface area contributed by atoms with Crippen LogP contribution in [0, 0.1) is 16.2 Å². The highest BCUT2D eigenvalue weighted by Gasteiger charge is 2.31. The number of unbranched alkanes of at least 4 members (excludes halogenated alkanes) is 9. The molecular weight excluding hydrogens is 404 g/mol. The summed E-state index contributed by atoms with van der Waals surface area (Å²) in [6.45, 7) is 21.0. The van der Waals surface area contributed by atoms with E-state index in [0.717, 1.165) is 18.1 Å². The Labute approximate surface area is 206 Å². The Kier molecular flexibility index (Phi) is 16.0. The number of hydrogen-bond donors (Lipinski definition) is 0. The molecule has 32 heavy (non-hydrogen) atoms. The molecule has 0 aromatic heterocycles. The van der Waals surface area contributed by atoms with Gasteiger partial charge in [-0.05, 0) is 53.6 Å². The van der Waals surface area contributed by atoms with Crippen LogP contribution < -0.4 is 0 Å². The van der Waals surface area contributed by atoms with Gasteiger partial charge in [0.25, 0.3) is 0 Å². The molecule has 0 aliphatic heterocycles. The molecule has 1 nitrogen and oxygen atoms in total. The second kappa shape index (κ2) is 16.0. The maximum atomic E-state index is 13.8. The zero-order valence-corrected chi connectivity index (χ0v) is 25.1. The molecule has 0 rings (SSSR count). The Morgan fingerprint density at radius 2 is 0.594 bits per heavy atom. The van der Waals surface area contributed by atoms with Crippen LogP contribution in [0.15, 0.2) is 0 Å². The van der Waals surface area contributed by atoms with Crippen molar-refractivity contribution in [3.63, 3.8) is 0 Å². The average Bonchev–Trinajstić information content (AvgIpc) is 2.61. The van der Waals surface area contributed by atoms with Crippen LogP contribution in [-0.4, -0.2) is 8.32 Å². The van der Waals surface area contributed by atoms with Gasteiger partial charge in [-0.1, -0.05) is 139 Å². The van der Waals surface area contributed by atoms with Crippen molar-refractivity contribution in [2.45, 2.75) is 177 Å². The summed E-state index contributed by atoms with van der Waals surface area (Å²) in [5.74, 6) is 0. The van der Waals surface area contributed by atoms with Gasteiger partial charge >= 0.3 is 0 Å². The first kappa shape index (κ1) is 32.2. The summed E-state index contributed by atoms with van der Waals surface area (Å²) in [6.07, 6.45) is 19.4. The molecule has 0 fully saturated rings. The lowest BCUT2D eigenvalue weighted by atomic mass is 9.89. The fraction of sp³-hybridized carbons (Fsp3) is 1.00. The van der Waals surface area contributed by atoms with Gasteiger partial charge in [0.1, 0.15) is 0 Å². The molecule has 0 N–H and O–H groups in total. The van der Waals surface area contributed by atoms with Crippen LogP contribution in [0.5, 0.6) is 0 Å². The highest BCUT2D eigenvalue weighted by Crippen LogP contribution is 2.30. The summed E-state index contributed by atoms with van der Waals surface area (Å²) in [6, 6.07) is 3.14. The van der Waals surface area contributed by atoms with Crippen molar-refractivity contribution in [1.82, 2.24) is 0 Å². The third kappa shape index (κ3) is 23.3. The summed E-state index contributed by atoms with van der Waals surface area (Å²) < 4.78 is 0. The standard InChI is InChI=1S/C30H63OSi/c1-28(2,3)22-16-10-13-19-25-32(31,26-20-14-11-17-23-29(4,5)6)27-21-15-12-18-24-30(7,8)9/h10-27H2,1-9H3. The van der Waals surface area contributed by atoms with Gasteiger partial charge in [0.2, 0.25) is 8.32 Å². The molecule has 0 unspecified atom stereocenters. The minimum Gasteiger partial charge on any atom is -0.297 e. The van der Waals surface area contributed by atoms with Crippen molar-refractivity contribution in [3.05, 3.63) is 0 Å². The Hall–Kier alpha value is 0.177. The molecule has 1 radical (unpaired) electrons. The number of rotatable bonds is 18. The normalized spacial score (nSPS) is 13.7. The van der Waals surface area contributed by atoms with Crippen LogP contribution in [0.3, 0.4) is 0 Å². The predicted molar refractivity (Wildman–Crippen MR) is 148 cm³/mol. The fourth-order valence-electron chi connectivity index (χ4n) is 4.74. The van der Waals surface area contributed by atoms with Gasteiger partial charge in [-0.15, -0.1) is 0 Å². The predicted octanol–water partition coefficient (Wildman–Crippen LogP) is 11.4. The van der Waals surface area contributed by atoms with E-state index in [0.29, 0.717) is 16.2 Å². The fourth-order valence-corrected chi connectivity index (χ4v) is 8.18. The lowest BCUT2D eigenvalue weighted by Crippen LogP contribution is -2.32. The summed E-state index contributed by atoms with van der Waals surface area (Å²) in [7, 11) is -2.29. The highest BCUT2D eigenvalue weighted by atomic mass is 28.4. The van der Waals surface area contributed by atoms with Crippen molar-refractivity contribution >= 4 is 8.32 Å². The van der Waals surface area contributed by atoms with Crippen LogP contribution in [0.1, 0.15) is 159 Å². The largest absolute Gasteiger partial charge is 0.297 e. The van der Waals surface area contributed by atoms with Crippen molar-refractivity contribution in [2.75, 3.05) is 0 Å². The van der Waals surface area contributed by atoms with Crippen molar-refractivity contribution in [3.8, 4) is 0 Å². The Balaban J connectivity index is 4.28. The quantitative estimate of drug-likeness (QED) is 0.141. The monoisotopic (exact) mass is 467 g/mol. The summed E-state index contributed by atoms with van der Waals surface area (Å²) in [4.78, 5) is 13.8. The summed E-state index contributed by atoms with van der Waals surface area (Å²) >= 11 is 0. The molecule has 2 heteroatoms. The van der Waals surface area contributed by atoms with Gasteiger partial charge in [0.05, 0.1) is 0 Å². The van der Waals surface area contributed by atoms with Crippen molar-refractivity contribution < 1.29 is 4.80 Å². The second-order valence-corrected chi connectivity index (χ2v) is 18.5. The molecule has 0 heterocycles. The molecule has 0 spiro atoms. The molecule has 0 aromatic carbocycles. The Morgan fingerprint density at radius 1 is 0.375 bits per heavy atom. The molecule has 0 aromatic rings. The average molecular weight is 468 g/mol. The van der Waals surface area contributed by atoms with Gasteiger partial charge in [-0.2, -0.15) is 0 Å². The van der Waals surface area contributed by atoms with E-state index in [1.165, 1.54) is 96.3 Å². The lowest BCUT2D eigenvalue weighted by Gasteiger charge is -2.24. The third-order valence-corrected chi connectivity index (χ3v) is 10.7. The van der Waals surface area contributed by atoms with Crippen molar-refractivity contribution in [1.29, 1.82) is 0 Å². The van der Waals surface area contributed by atoms with Crippen molar-refractivity contribution in [2.24, 2.45) is 16.2 Å². The zero-order valence-electron chi connectivity index (χ0n) is 24.1. The van der Waals surface area contributed by atoms with Crippen LogP contribution in [0.25, 0.3) is 0 Å². The first-order chi connectivity index (χ1) is 14.6. The van der Waals surface area contributed by atoms with E-state index in [2.05, 4.69) is 62.3 Å². The molecule has 0 aliphatic rings. The smallest absolute Gasteiger partial charge is 0.237 e. The molecule has 0 amide bonds. The van der Waals surface area contributed by atoms with Gasteiger partial charge in [-0.25, -0.2) is 0 Å². The van der Waals surface area contributed by atoms with Crippen LogP contribution in [-0.2, 0) is 4.80 Å². The van der Waals surface area contributed by atoms with Crippen LogP contribution >= 0.6 is 0 Å².